The van der Waals surface area contributed by atoms with Gasteiger partial charge in [-0.2, -0.15) is 0 Å². The molecular formula is C14H19NO2S. The Hall–Kier alpha value is -1.29. The Labute approximate surface area is 108 Å². The van der Waals surface area contributed by atoms with Crippen molar-refractivity contribution < 1.29 is 8.42 Å². The average molecular weight is 265 g/mol. The standard InChI is InChI=1S/C14H19NO2S/c1-4-15-9-12(10-18(16,17)5-2)13-8-6-7-11(3)14(13)15/h6-9H,4-5,10H2,1-3H3. The number of aryl methyl sites for hydroxylation is 2. The Kier molecular flexibility index (Phi) is 3.48. The van der Waals surface area contributed by atoms with Gasteiger partial charge < -0.3 is 4.57 Å². The average Bonchev–Trinajstić information content (AvgIpc) is 2.68. The van der Waals surface area contributed by atoms with Crippen LogP contribution in [-0.4, -0.2) is 18.7 Å². The Morgan fingerprint density at radius 3 is 2.56 bits per heavy atom. The van der Waals surface area contributed by atoms with Crippen molar-refractivity contribution >= 4 is 20.7 Å². The molecular weight excluding hydrogens is 246 g/mol. The molecule has 0 saturated carbocycles. The molecule has 18 heavy (non-hydrogen) atoms. The molecule has 3 nitrogen and oxygen atoms in total. The van der Waals surface area contributed by atoms with Crippen LogP contribution in [0.3, 0.4) is 0 Å². The van der Waals surface area contributed by atoms with E-state index in [1.807, 2.05) is 18.3 Å². The molecule has 0 aliphatic rings. The van der Waals surface area contributed by atoms with E-state index in [4.69, 9.17) is 0 Å². The van der Waals surface area contributed by atoms with E-state index >= 15 is 0 Å². The molecule has 2 rings (SSSR count). The number of sulfone groups is 1. The molecule has 0 aliphatic carbocycles. The van der Waals surface area contributed by atoms with Gasteiger partial charge >= 0.3 is 0 Å². The van der Waals surface area contributed by atoms with Crippen LogP contribution < -0.4 is 0 Å². The molecule has 1 aromatic carbocycles. The van der Waals surface area contributed by atoms with E-state index in [9.17, 15) is 8.42 Å². The van der Waals surface area contributed by atoms with Crippen LogP contribution in [0.2, 0.25) is 0 Å². The third-order valence-corrected chi connectivity index (χ3v) is 4.97. The van der Waals surface area contributed by atoms with Crippen molar-refractivity contribution in [3.8, 4) is 0 Å². The monoisotopic (exact) mass is 265 g/mol. The number of nitrogens with zero attached hydrogens (tertiary/aromatic N) is 1. The number of hydrogen-bond acceptors (Lipinski definition) is 2. The maximum Gasteiger partial charge on any atom is 0.154 e. The summed E-state index contributed by atoms with van der Waals surface area (Å²) in [7, 11) is -2.99. The molecule has 0 atom stereocenters. The van der Waals surface area contributed by atoms with Gasteiger partial charge in [-0.25, -0.2) is 8.42 Å². The van der Waals surface area contributed by atoms with Gasteiger partial charge in [0.15, 0.2) is 9.84 Å². The Balaban J connectivity index is 2.63. The summed E-state index contributed by atoms with van der Waals surface area (Å²) in [6.45, 7) is 6.68. The zero-order valence-corrected chi connectivity index (χ0v) is 11.9. The van der Waals surface area contributed by atoms with E-state index < -0.39 is 9.84 Å². The van der Waals surface area contributed by atoms with Crippen LogP contribution in [0.15, 0.2) is 24.4 Å². The molecule has 0 spiro atoms. The predicted octanol–water partition coefficient (Wildman–Crippen LogP) is 2.90. The van der Waals surface area contributed by atoms with E-state index in [-0.39, 0.29) is 11.5 Å². The minimum Gasteiger partial charge on any atom is -0.347 e. The molecule has 2 aromatic rings. The van der Waals surface area contributed by atoms with Gasteiger partial charge in [0, 0.05) is 23.9 Å². The minimum atomic E-state index is -2.99. The van der Waals surface area contributed by atoms with Crippen LogP contribution in [0.5, 0.6) is 0 Å². The maximum atomic E-state index is 11.8. The molecule has 4 heteroatoms. The number of rotatable bonds is 4. The van der Waals surface area contributed by atoms with Crippen LogP contribution in [0.1, 0.15) is 25.0 Å². The second kappa shape index (κ2) is 4.76. The summed E-state index contributed by atoms with van der Waals surface area (Å²) in [4.78, 5) is 0. The van der Waals surface area contributed by atoms with Gasteiger partial charge in [-0.3, -0.25) is 0 Å². The number of fused-ring (bicyclic) bond motifs is 1. The Morgan fingerprint density at radius 2 is 1.94 bits per heavy atom. The van der Waals surface area contributed by atoms with Crippen LogP contribution in [0, 0.1) is 6.92 Å². The summed E-state index contributed by atoms with van der Waals surface area (Å²) in [6, 6.07) is 6.06. The van der Waals surface area contributed by atoms with Crippen molar-refractivity contribution in [2.24, 2.45) is 0 Å². The highest BCUT2D eigenvalue weighted by Gasteiger charge is 2.15. The van der Waals surface area contributed by atoms with Crippen LogP contribution in [0.4, 0.5) is 0 Å². The van der Waals surface area contributed by atoms with E-state index in [0.29, 0.717) is 0 Å². The van der Waals surface area contributed by atoms with E-state index in [1.54, 1.807) is 6.92 Å². The predicted molar refractivity (Wildman–Crippen MR) is 75.5 cm³/mol. The zero-order chi connectivity index (χ0) is 13.3. The molecule has 0 unspecified atom stereocenters. The number of para-hydroxylation sites is 1. The molecule has 0 radical (unpaired) electrons. The highest BCUT2D eigenvalue weighted by atomic mass is 32.2. The van der Waals surface area contributed by atoms with Gasteiger partial charge in [0.2, 0.25) is 0 Å². The molecule has 0 amide bonds. The molecule has 1 aromatic heterocycles. The highest BCUT2D eigenvalue weighted by molar-refractivity contribution is 7.90. The summed E-state index contributed by atoms with van der Waals surface area (Å²) < 4.78 is 25.7. The molecule has 0 N–H and O–H groups in total. The SMILES string of the molecule is CCn1cc(CS(=O)(=O)CC)c2cccc(C)c21. The van der Waals surface area contributed by atoms with E-state index in [1.165, 1.54) is 5.56 Å². The lowest BCUT2D eigenvalue weighted by atomic mass is 10.1. The fourth-order valence-electron chi connectivity index (χ4n) is 2.32. The molecule has 0 aliphatic heterocycles. The van der Waals surface area contributed by atoms with Crippen LogP contribution in [0.25, 0.3) is 10.9 Å². The van der Waals surface area contributed by atoms with Crippen molar-refractivity contribution in [1.29, 1.82) is 0 Å². The normalized spacial score (nSPS) is 12.2. The third kappa shape index (κ3) is 2.29. The van der Waals surface area contributed by atoms with Gasteiger partial charge in [0.1, 0.15) is 0 Å². The molecule has 1 heterocycles. The largest absolute Gasteiger partial charge is 0.347 e. The third-order valence-electron chi connectivity index (χ3n) is 3.34. The van der Waals surface area contributed by atoms with E-state index in [2.05, 4.69) is 24.5 Å². The van der Waals surface area contributed by atoms with Crippen molar-refractivity contribution in [3.05, 3.63) is 35.5 Å². The van der Waals surface area contributed by atoms with Crippen molar-refractivity contribution in [1.82, 2.24) is 4.57 Å². The van der Waals surface area contributed by atoms with Crippen LogP contribution >= 0.6 is 0 Å². The summed E-state index contributed by atoms with van der Waals surface area (Å²) in [5.41, 5.74) is 3.26. The van der Waals surface area contributed by atoms with Gasteiger partial charge in [0.25, 0.3) is 0 Å². The van der Waals surface area contributed by atoms with E-state index in [0.717, 1.165) is 23.0 Å². The smallest absolute Gasteiger partial charge is 0.154 e. The lowest BCUT2D eigenvalue weighted by Crippen LogP contribution is -2.06. The summed E-state index contributed by atoms with van der Waals surface area (Å²) in [5, 5.41) is 1.06. The minimum absolute atomic E-state index is 0.135. The summed E-state index contributed by atoms with van der Waals surface area (Å²) in [5.74, 6) is 0.327. The Morgan fingerprint density at radius 1 is 1.22 bits per heavy atom. The van der Waals surface area contributed by atoms with Gasteiger partial charge in [-0.15, -0.1) is 0 Å². The van der Waals surface area contributed by atoms with Gasteiger partial charge in [-0.05, 0) is 25.0 Å². The van der Waals surface area contributed by atoms with Gasteiger partial charge in [-0.1, -0.05) is 25.1 Å². The summed E-state index contributed by atoms with van der Waals surface area (Å²) >= 11 is 0. The maximum absolute atomic E-state index is 11.8. The number of aromatic nitrogens is 1. The molecule has 0 fully saturated rings. The lowest BCUT2D eigenvalue weighted by Gasteiger charge is -2.03. The summed E-state index contributed by atoms with van der Waals surface area (Å²) in [6.07, 6.45) is 1.98. The lowest BCUT2D eigenvalue weighted by molar-refractivity contribution is 0.596. The first-order chi connectivity index (χ1) is 8.48. The topological polar surface area (TPSA) is 39.1 Å². The zero-order valence-electron chi connectivity index (χ0n) is 11.1. The molecule has 0 saturated heterocycles. The molecule has 0 bridgehead atoms. The van der Waals surface area contributed by atoms with Crippen molar-refractivity contribution in [3.63, 3.8) is 0 Å². The second-order valence-corrected chi connectivity index (χ2v) is 6.94. The first kappa shape index (κ1) is 13.1. The van der Waals surface area contributed by atoms with Crippen molar-refractivity contribution in [2.45, 2.75) is 33.1 Å². The highest BCUT2D eigenvalue weighted by Crippen LogP contribution is 2.26. The Bertz CT molecular complexity index is 668. The number of hydrogen-bond donors (Lipinski definition) is 0. The molecule has 98 valence electrons. The van der Waals surface area contributed by atoms with Crippen LogP contribution in [-0.2, 0) is 22.1 Å². The quantitative estimate of drug-likeness (QED) is 0.852. The first-order valence-electron chi connectivity index (χ1n) is 6.26. The second-order valence-electron chi connectivity index (χ2n) is 4.59. The number of benzene rings is 1. The fourth-order valence-corrected chi connectivity index (χ4v) is 3.23. The first-order valence-corrected chi connectivity index (χ1v) is 8.08. The van der Waals surface area contributed by atoms with Gasteiger partial charge in [0.05, 0.1) is 11.3 Å². The fraction of sp³-hybridized carbons (Fsp3) is 0.429. The van der Waals surface area contributed by atoms with Crippen molar-refractivity contribution in [2.75, 3.05) is 5.75 Å².